The molecule has 3 amide bonds. The number of aliphatic hydroxyl groups excluding tert-OH is 3. The number of likely N-dealkylation sites (tertiary alicyclic amines) is 3. The van der Waals surface area contributed by atoms with Crippen LogP contribution in [0.1, 0.15) is 155 Å². The van der Waals surface area contributed by atoms with Gasteiger partial charge in [-0.15, -0.1) is 0 Å². The van der Waals surface area contributed by atoms with Crippen LogP contribution in [0.25, 0.3) is 0 Å². The van der Waals surface area contributed by atoms with Crippen LogP contribution in [-0.4, -0.2) is 320 Å². The van der Waals surface area contributed by atoms with Crippen LogP contribution in [0, 0.1) is 23.7 Å². The van der Waals surface area contributed by atoms with Crippen molar-refractivity contribution in [3.63, 3.8) is 0 Å². The first-order chi connectivity index (χ1) is 70.5. The first-order valence-electron chi connectivity index (χ1n) is 53.7. The van der Waals surface area contributed by atoms with E-state index in [9.17, 15) is 34.5 Å². The number of aliphatic carboxylic acids is 1. The number of carbonyl (C=O) groups is 4. The number of amides is 3. The molecule has 0 saturated carbocycles. The molecule has 0 spiro atoms. The Morgan fingerprint density at radius 3 is 0.821 bits per heavy atom. The Kier molecular flexibility index (Phi) is 34.4. The topological polar surface area (TPSA) is 280 Å². The average Bonchev–Trinajstić information content (AvgIpc) is 1.71. The SMILES string of the molecule is CN1CCc2ccc(Br)cc2C1.CN1CCc2ccc(N3CCC(C(=O)N[C@H](CN4CCCC4)[C@H](O)c4ccc5c(c4)OCCO5)C3)cc2C1.CN1CCc2ccc(N3CCC(C(=O)O)C3)cc2C1.CN1CCc2ccc(N3CC[C@@H](C(=O)N[C@H](CN4CCCC4)[C@H](O)c4ccc5c(c4)OCCO5)C3)cc2C1.CN1CCc2ccc(N3CC[C@H](C(=O)N[C@H](CN4CCCC4)[C@H](O)c4ccc5c(c4)OCCO5)C3)cc2C1. The molecule has 7 saturated heterocycles. The van der Waals surface area contributed by atoms with Crippen LogP contribution in [0.4, 0.5) is 22.7 Å². The van der Waals surface area contributed by atoms with E-state index in [2.05, 4.69) is 217 Å². The molecular formula is C115H152BrN15O14. The molecule has 15 heterocycles. The number of aliphatic hydroxyl groups is 3. The van der Waals surface area contributed by atoms with E-state index in [0.717, 1.165) is 231 Å². The van der Waals surface area contributed by atoms with E-state index in [1.165, 1.54) is 95.8 Å². The van der Waals surface area contributed by atoms with Gasteiger partial charge in [-0.25, -0.2) is 0 Å². The number of nitrogens with one attached hydrogen (secondary N) is 3. The maximum absolute atomic E-state index is 13.5. The van der Waals surface area contributed by atoms with Crippen molar-refractivity contribution in [1.29, 1.82) is 0 Å². The number of ether oxygens (including phenoxy) is 6. The molecule has 0 bridgehead atoms. The zero-order valence-electron chi connectivity index (χ0n) is 85.7. The van der Waals surface area contributed by atoms with E-state index in [4.69, 9.17) is 33.5 Å². The quantitative estimate of drug-likeness (QED) is 0.0313. The van der Waals surface area contributed by atoms with Gasteiger partial charge in [0.15, 0.2) is 34.5 Å². The van der Waals surface area contributed by atoms with Crippen molar-refractivity contribution >= 4 is 62.4 Å². The number of halogens is 1. The lowest BCUT2D eigenvalue weighted by Gasteiger charge is -2.30. The minimum absolute atomic E-state index is 0.0333. The molecule has 7 fully saturated rings. The maximum atomic E-state index is 13.5. The number of nitrogens with zero attached hydrogens (tertiary/aromatic N) is 12. The third-order valence-electron chi connectivity index (χ3n) is 32.4. The lowest BCUT2D eigenvalue weighted by atomic mass is 9.99. The zero-order chi connectivity index (χ0) is 100. The number of carbonyl (C=O) groups excluding carboxylic acids is 3. The predicted molar refractivity (Wildman–Crippen MR) is 569 cm³/mol. The molecule has 145 heavy (non-hydrogen) atoms. The second-order valence-corrected chi connectivity index (χ2v) is 44.1. The monoisotopic (exact) mass is 2050 g/mol. The summed E-state index contributed by atoms with van der Waals surface area (Å²) in [4.78, 5) is 79.6. The van der Waals surface area contributed by atoms with Crippen LogP contribution >= 0.6 is 15.9 Å². The standard InChI is InChI=1S/3C30H40N4O4.C15H20N2O2.C10H12BrN/c3*1-32-12-8-21-4-6-25(16-24(21)18-32)34-13-9-23(19-34)30(36)31-26(20-33-10-2-3-11-33)29(35)22-5-7-27-28(17-22)38-15-14-37-27;1-16-6-4-11-2-3-14(8-13(11)9-16)17-7-5-12(10-17)15(18)19;1-12-5-4-8-2-3-10(11)6-9(8)7-12/h3*4-7,16-17,23,26,29,35H,2-3,8-15,18-20H2,1H3,(H,31,36);2-3,8,12H,4-7,9-10H2,1H3,(H,18,19);2-3,6H,4-5,7H2,1H3/t23?,26-,29-;23-,26+,29+;23-,26-,29-;;/m101../s1. The fourth-order valence-electron chi connectivity index (χ4n) is 23.7. The highest BCUT2D eigenvalue weighted by Crippen LogP contribution is 2.41. The number of likely N-dealkylation sites (N-methyl/N-ethyl adjacent to an activating group) is 5. The first kappa shape index (κ1) is 103. The summed E-state index contributed by atoms with van der Waals surface area (Å²) in [5, 5.41) is 53.2. The van der Waals surface area contributed by atoms with Crippen molar-refractivity contribution < 1.29 is 68.0 Å². The molecule has 23 rings (SSSR count). The number of carboxylic acids is 1. The van der Waals surface area contributed by atoms with Gasteiger partial charge in [0, 0.05) is 165 Å². The molecule has 8 aromatic carbocycles. The third kappa shape index (κ3) is 26.3. The van der Waals surface area contributed by atoms with Crippen molar-refractivity contribution in [3.05, 3.63) is 222 Å². The van der Waals surface area contributed by atoms with E-state index >= 15 is 0 Å². The lowest BCUT2D eigenvalue weighted by molar-refractivity contribution is -0.141. The van der Waals surface area contributed by atoms with Crippen LogP contribution in [0.3, 0.4) is 0 Å². The van der Waals surface area contributed by atoms with Crippen molar-refractivity contribution in [1.82, 2.24) is 55.1 Å². The molecule has 7 N–H and O–H groups in total. The molecule has 30 heteroatoms. The van der Waals surface area contributed by atoms with Gasteiger partial charge in [-0.2, -0.15) is 0 Å². The van der Waals surface area contributed by atoms with Crippen LogP contribution < -0.4 is 64.0 Å². The summed E-state index contributed by atoms with van der Waals surface area (Å²) in [7, 11) is 10.8. The average molecular weight is 2050 g/mol. The summed E-state index contributed by atoms with van der Waals surface area (Å²) < 4.78 is 35.4. The Labute approximate surface area is 864 Å². The summed E-state index contributed by atoms with van der Waals surface area (Å²) in [6.45, 7) is 27.9. The van der Waals surface area contributed by atoms with Gasteiger partial charge in [0.05, 0.1) is 41.8 Å². The van der Waals surface area contributed by atoms with E-state index in [1.54, 1.807) is 0 Å². The van der Waals surface area contributed by atoms with Crippen molar-refractivity contribution in [2.24, 2.45) is 23.7 Å². The third-order valence-corrected chi connectivity index (χ3v) is 32.9. The first-order valence-corrected chi connectivity index (χ1v) is 54.5. The number of benzene rings is 8. The van der Waals surface area contributed by atoms with E-state index < -0.39 is 42.4 Å². The largest absolute Gasteiger partial charge is 0.486 e. The molecule has 0 radical (unpaired) electrons. The number of carboxylic acid groups (broad SMARTS) is 1. The Balaban J connectivity index is 0.000000120. The van der Waals surface area contributed by atoms with E-state index in [0.29, 0.717) is 120 Å². The van der Waals surface area contributed by atoms with E-state index in [1.807, 2.05) is 54.6 Å². The van der Waals surface area contributed by atoms with Crippen molar-refractivity contribution in [2.45, 2.75) is 165 Å². The van der Waals surface area contributed by atoms with Gasteiger partial charge in [0.1, 0.15) is 58.0 Å². The highest BCUT2D eigenvalue weighted by molar-refractivity contribution is 9.10. The van der Waals surface area contributed by atoms with Crippen LogP contribution in [0.15, 0.2) is 150 Å². The molecular weight excluding hydrogens is 1900 g/mol. The number of hydrogen-bond donors (Lipinski definition) is 7. The van der Waals surface area contributed by atoms with E-state index in [-0.39, 0.29) is 41.4 Å². The number of hydrogen-bond acceptors (Lipinski definition) is 25. The van der Waals surface area contributed by atoms with Gasteiger partial charge in [-0.1, -0.05) is 64.5 Å². The van der Waals surface area contributed by atoms with Crippen LogP contribution in [0.5, 0.6) is 34.5 Å². The van der Waals surface area contributed by atoms with Gasteiger partial charge in [-0.3, -0.25) is 19.2 Å². The number of rotatable bonds is 23. The second kappa shape index (κ2) is 48.3. The van der Waals surface area contributed by atoms with Gasteiger partial charge in [-0.05, 0) is 340 Å². The smallest absolute Gasteiger partial charge is 0.308 e. The summed E-state index contributed by atoms with van der Waals surface area (Å²) in [6.07, 6.45) is 13.3. The highest BCUT2D eigenvalue weighted by Gasteiger charge is 2.40. The summed E-state index contributed by atoms with van der Waals surface area (Å²) in [5.41, 5.74) is 21.4. The number of anilines is 4. The predicted octanol–water partition coefficient (Wildman–Crippen LogP) is 11.8. The molecule has 2 unspecified atom stereocenters. The Morgan fingerprint density at radius 2 is 0.552 bits per heavy atom. The summed E-state index contributed by atoms with van der Waals surface area (Å²) in [5.74, 6) is 3.00. The Bertz CT molecular complexity index is 5360. The van der Waals surface area contributed by atoms with Gasteiger partial charge >= 0.3 is 5.97 Å². The maximum Gasteiger partial charge on any atom is 0.308 e. The van der Waals surface area contributed by atoms with Crippen LogP contribution in [-0.2, 0) is 84.0 Å². The minimum Gasteiger partial charge on any atom is -0.486 e. The molecule has 0 aromatic heterocycles. The van der Waals surface area contributed by atoms with Crippen LogP contribution in [0.2, 0.25) is 0 Å². The van der Waals surface area contributed by atoms with Crippen molar-refractivity contribution in [3.8, 4) is 34.5 Å². The molecule has 8 aromatic rings. The molecule has 15 aliphatic rings. The highest BCUT2D eigenvalue weighted by atomic mass is 79.9. The van der Waals surface area contributed by atoms with Gasteiger partial charge < -0.3 is 124 Å². The fraction of sp³-hybridized carbons (Fsp3) is 0.548. The van der Waals surface area contributed by atoms with Gasteiger partial charge in [0.2, 0.25) is 17.7 Å². The molecule has 0 aliphatic carbocycles. The molecule has 15 aliphatic heterocycles. The summed E-state index contributed by atoms with van der Waals surface area (Å²) in [6, 6.07) is 49.2. The molecule has 10 atom stereocenters. The molecule has 778 valence electrons. The lowest BCUT2D eigenvalue weighted by Crippen LogP contribution is -2.48. The Morgan fingerprint density at radius 1 is 0.303 bits per heavy atom. The normalized spacial score (nSPS) is 22.8. The van der Waals surface area contributed by atoms with Gasteiger partial charge in [0.25, 0.3) is 0 Å². The zero-order valence-corrected chi connectivity index (χ0v) is 87.3. The second-order valence-electron chi connectivity index (χ2n) is 43.1. The number of fused-ring (bicyclic) bond motifs is 8. The van der Waals surface area contributed by atoms with Crippen molar-refractivity contribution in [2.75, 3.05) is 238 Å². The Hall–Kier alpha value is -10.3. The molecule has 29 nitrogen and oxygen atoms in total. The minimum atomic E-state index is -0.828. The fourth-order valence-corrected chi connectivity index (χ4v) is 24.2. The summed E-state index contributed by atoms with van der Waals surface area (Å²) >= 11 is 3.49.